The third-order valence-corrected chi connectivity index (χ3v) is 3.20. The van der Waals surface area contributed by atoms with Gasteiger partial charge < -0.3 is 14.8 Å². The lowest BCUT2D eigenvalue weighted by Crippen LogP contribution is -2.43. The summed E-state index contributed by atoms with van der Waals surface area (Å²) in [5.74, 6) is -1.82. The predicted molar refractivity (Wildman–Crippen MR) is 74.0 cm³/mol. The van der Waals surface area contributed by atoms with Crippen LogP contribution in [0.25, 0.3) is 0 Å². The highest BCUT2D eigenvalue weighted by Crippen LogP contribution is 2.16. The quantitative estimate of drug-likeness (QED) is 0.814. The number of amides is 1. The van der Waals surface area contributed by atoms with Crippen LogP contribution in [0.2, 0.25) is 0 Å². The third-order valence-electron chi connectivity index (χ3n) is 2.51. The van der Waals surface area contributed by atoms with E-state index in [-0.39, 0.29) is 6.42 Å². The van der Waals surface area contributed by atoms with Crippen LogP contribution in [-0.4, -0.2) is 38.1 Å². The van der Waals surface area contributed by atoms with Crippen molar-refractivity contribution in [2.24, 2.45) is 0 Å². The van der Waals surface area contributed by atoms with E-state index in [1.165, 1.54) is 14.2 Å². The zero-order valence-electron chi connectivity index (χ0n) is 11.0. The Kier molecular flexibility index (Phi) is 6.17. The minimum atomic E-state index is -1.09. The van der Waals surface area contributed by atoms with Crippen LogP contribution in [0.3, 0.4) is 0 Å². The molecule has 1 rings (SSSR count). The molecule has 0 fully saturated rings. The van der Waals surface area contributed by atoms with Gasteiger partial charge in [-0.3, -0.25) is 9.59 Å². The number of nitrogens with one attached hydrogen (secondary N) is 1. The monoisotopic (exact) mass is 343 g/mol. The maximum atomic E-state index is 12.1. The summed E-state index contributed by atoms with van der Waals surface area (Å²) in [6, 6.07) is 5.64. The van der Waals surface area contributed by atoms with Crippen LogP contribution in [0.1, 0.15) is 16.8 Å². The fourth-order valence-electron chi connectivity index (χ4n) is 1.47. The number of carbonyl (C=O) groups is 3. The van der Waals surface area contributed by atoms with Gasteiger partial charge >= 0.3 is 11.9 Å². The highest BCUT2D eigenvalue weighted by molar-refractivity contribution is 9.10. The van der Waals surface area contributed by atoms with E-state index in [4.69, 9.17) is 0 Å². The average Bonchev–Trinajstić information content (AvgIpc) is 2.45. The van der Waals surface area contributed by atoms with Crippen molar-refractivity contribution in [1.82, 2.24) is 5.32 Å². The maximum Gasteiger partial charge on any atom is 0.328 e. The zero-order chi connectivity index (χ0) is 15.1. The highest BCUT2D eigenvalue weighted by Gasteiger charge is 2.26. The number of ether oxygens (including phenoxy) is 2. The molecule has 0 radical (unpaired) electrons. The molecule has 0 aliphatic carbocycles. The van der Waals surface area contributed by atoms with E-state index in [2.05, 4.69) is 30.7 Å². The summed E-state index contributed by atoms with van der Waals surface area (Å²) in [7, 11) is 2.38. The number of hydrogen-bond acceptors (Lipinski definition) is 5. The van der Waals surface area contributed by atoms with Gasteiger partial charge in [0.1, 0.15) is 6.04 Å². The molecular formula is C13H14BrNO5. The molecule has 0 heterocycles. The van der Waals surface area contributed by atoms with Crippen molar-refractivity contribution in [3.63, 3.8) is 0 Å². The summed E-state index contributed by atoms with van der Waals surface area (Å²) < 4.78 is 9.61. The Morgan fingerprint density at radius 2 is 1.85 bits per heavy atom. The second kappa shape index (κ2) is 7.64. The number of methoxy groups -OCH3 is 2. The standard InChI is InChI=1S/C13H14BrNO5/c1-19-11(16)7-10(13(18)20-2)15-12(17)8-5-3-4-6-9(8)14/h3-6,10H,7H2,1-2H3,(H,15,17). The van der Waals surface area contributed by atoms with Crippen LogP contribution < -0.4 is 5.32 Å². The lowest BCUT2D eigenvalue weighted by Gasteiger charge is -2.15. The van der Waals surface area contributed by atoms with Gasteiger partial charge in [-0.15, -0.1) is 0 Å². The topological polar surface area (TPSA) is 81.7 Å². The van der Waals surface area contributed by atoms with Gasteiger partial charge in [0, 0.05) is 4.47 Å². The normalized spacial score (nSPS) is 11.3. The van der Waals surface area contributed by atoms with E-state index < -0.39 is 23.9 Å². The van der Waals surface area contributed by atoms with E-state index in [1.807, 2.05) is 0 Å². The zero-order valence-corrected chi connectivity index (χ0v) is 12.6. The Labute approximate surface area is 124 Å². The fraction of sp³-hybridized carbons (Fsp3) is 0.308. The Bertz CT molecular complexity index is 517. The van der Waals surface area contributed by atoms with Crippen LogP contribution in [0.4, 0.5) is 0 Å². The molecule has 7 heteroatoms. The number of esters is 2. The first kappa shape index (κ1) is 16.2. The molecule has 0 spiro atoms. The van der Waals surface area contributed by atoms with Crippen LogP contribution in [-0.2, 0) is 19.1 Å². The van der Waals surface area contributed by atoms with Crippen LogP contribution >= 0.6 is 15.9 Å². The summed E-state index contributed by atoms with van der Waals surface area (Å²) in [6.07, 6.45) is -0.292. The Balaban J connectivity index is 2.84. The van der Waals surface area contributed by atoms with Crippen LogP contribution in [0.5, 0.6) is 0 Å². The third kappa shape index (κ3) is 4.34. The molecule has 1 N–H and O–H groups in total. The van der Waals surface area contributed by atoms with Crippen LogP contribution in [0, 0.1) is 0 Å². The van der Waals surface area contributed by atoms with E-state index >= 15 is 0 Å². The smallest absolute Gasteiger partial charge is 0.328 e. The molecule has 1 aromatic carbocycles. The van der Waals surface area contributed by atoms with E-state index in [9.17, 15) is 14.4 Å². The molecule has 1 atom stereocenters. The average molecular weight is 344 g/mol. The van der Waals surface area contributed by atoms with Crippen molar-refractivity contribution < 1.29 is 23.9 Å². The fourth-order valence-corrected chi connectivity index (χ4v) is 1.93. The highest BCUT2D eigenvalue weighted by atomic mass is 79.9. The first-order chi connectivity index (χ1) is 9.49. The van der Waals surface area contributed by atoms with Gasteiger partial charge in [0.25, 0.3) is 5.91 Å². The van der Waals surface area contributed by atoms with Gasteiger partial charge in [-0.2, -0.15) is 0 Å². The summed E-state index contributed by atoms with van der Waals surface area (Å²) in [5.41, 5.74) is 0.353. The minimum absolute atomic E-state index is 0.292. The second-order valence-corrected chi connectivity index (χ2v) is 4.66. The maximum absolute atomic E-state index is 12.1. The summed E-state index contributed by atoms with van der Waals surface area (Å²) in [4.78, 5) is 34.9. The molecule has 20 heavy (non-hydrogen) atoms. The predicted octanol–water partition coefficient (Wildman–Crippen LogP) is 1.28. The molecule has 108 valence electrons. The molecule has 0 bridgehead atoms. The first-order valence-corrected chi connectivity index (χ1v) is 6.49. The number of benzene rings is 1. The van der Waals surface area contributed by atoms with Crippen molar-refractivity contribution in [2.45, 2.75) is 12.5 Å². The van der Waals surface area contributed by atoms with Crippen LogP contribution in [0.15, 0.2) is 28.7 Å². The number of halogens is 1. The van der Waals surface area contributed by atoms with E-state index in [0.717, 1.165) is 0 Å². The van der Waals surface area contributed by atoms with Gasteiger partial charge in [0.2, 0.25) is 0 Å². The summed E-state index contributed by atoms with van der Waals surface area (Å²) in [5, 5.41) is 2.45. The molecular weight excluding hydrogens is 330 g/mol. The largest absolute Gasteiger partial charge is 0.469 e. The molecule has 0 aliphatic heterocycles. The summed E-state index contributed by atoms with van der Waals surface area (Å²) >= 11 is 3.24. The molecule has 0 aromatic heterocycles. The van der Waals surface area contributed by atoms with Crippen molar-refractivity contribution in [3.8, 4) is 0 Å². The molecule has 0 aliphatic rings. The van der Waals surface area contributed by atoms with Crippen molar-refractivity contribution in [1.29, 1.82) is 0 Å². The van der Waals surface area contributed by atoms with Gasteiger partial charge in [0.15, 0.2) is 0 Å². The van der Waals surface area contributed by atoms with Gasteiger partial charge in [-0.25, -0.2) is 4.79 Å². The van der Waals surface area contributed by atoms with Gasteiger partial charge in [-0.05, 0) is 28.1 Å². The van der Waals surface area contributed by atoms with E-state index in [0.29, 0.717) is 10.0 Å². The van der Waals surface area contributed by atoms with Crippen molar-refractivity contribution in [3.05, 3.63) is 34.3 Å². The molecule has 0 saturated heterocycles. The second-order valence-electron chi connectivity index (χ2n) is 3.81. The Morgan fingerprint density at radius 3 is 2.40 bits per heavy atom. The molecule has 1 amide bonds. The van der Waals surface area contributed by atoms with Gasteiger partial charge in [-0.1, -0.05) is 12.1 Å². The minimum Gasteiger partial charge on any atom is -0.469 e. The SMILES string of the molecule is COC(=O)CC(NC(=O)c1ccccc1Br)C(=O)OC. The van der Waals surface area contributed by atoms with Crippen molar-refractivity contribution in [2.75, 3.05) is 14.2 Å². The molecule has 6 nitrogen and oxygen atoms in total. The Morgan fingerprint density at radius 1 is 1.20 bits per heavy atom. The lowest BCUT2D eigenvalue weighted by molar-refractivity contribution is -0.149. The van der Waals surface area contributed by atoms with Gasteiger partial charge in [0.05, 0.1) is 26.2 Å². The molecule has 1 aromatic rings. The molecule has 1 unspecified atom stereocenters. The molecule has 0 saturated carbocycles. The first-order valence-electron chi connectivity index (χ1n) is 5.69. The van der Waals surface area contributed by atoms with E-state index in [1.54, 1.807) is 24.3 Å². The summed E-state index contributed by atoms with van der Waals surface area (Å²) in [6.45, 7) is 0. The van der Waals surface area contributed by atoms with Crippen molar-refractivity contribution >= 4 is 33.8 Å². The lowest BCUT2D eigenvalue weighted by atomic mass is 10.1. The number of carbonyl (C=O) groups excluding carboxylic acids is 3. The number of hydrogen-bond donors (Lipinski definition) is 1. The Hall–Kier alpha value is -1.89. The number of rotatable bonds is 5.